The molecule has 1 aromatic heterocycles. The van der Waals surface area contributed by atoms with Gasteiger partial charge < -0.3 is 4.90 Å². The zero-order valence-electron chi connectivity index (χ0n) is 22.4. The van der Waals surface area contributed by atoms with Gasteiger partial charge in [0.05, 0.1) is 0 Å². The Morgan fingerprint density at radius 1 is 0.390 bits per heavy atom. The van der Waals surface area contributed by atoms with Crippen LogP contribution in [0.2, 0.25) is 0 Å². The van der Waals surface area contributed by atoms with Crippen molar-refractivity contribution >= 4 is 27.8 Å². The van der Waals surface area contributed by atoms with Crippen LogP contribution in [0, 0.1) is 0 Å². The van der Waals surface area contributed by atoms with Crippen LogP contribution in [-0.4, -0.2) is 4.98 Å². The summed E-state index contributed by atoms with van der Waals surface area (Å²) in [6, 6.07) is 52.3. The van der Waals surface area contributed by atoms with Crippen LogP contribution in [0.4, 0.5) is 17.1 Å². The Kier molecular flexibility index (Phi) is 5.49. The van der Waals surface area contributed by atoms with Crippen LogP contribution in [0.15, 0.2) is 158 Å². The fourth-order valence-corrected chi connectivity index (χ4v) is 6.23. The maximum absolute atomic E-state index is 4.32. The first-order chi connectivity index (χ1) is 20.3. The molecular formula is C39H26N2. The molecular weight excluding hydrogens is 496 g/mol. The Hall–Kier alpha value is -5.47. The first kappa shape index (κ1) is 23.4. The molecule has 2 nitrogen and oxygen atoms in total. The molecule has 8 rings (SSSR count). The molecule has 1 aliphatic rings. The van der Waals surface area contributed by atoms with Crippen LogP contribution < -0.4 is 4.90 Å². The number of hydrogen-bond acceptors (Lipinski definition) is 2. The predicted molar refractivity (Wildman–Crippen MR) is 172 cm³/mol. The summed E-state index contributed by atoms with van der Waals surface area (Å²) in [6.45, 7) is 0. The van der Waals surface area contributed by atoms with Gasteiger partial charge in [-0.05, 0) is 92.2 Å². The standard InChI is InChI=1S/C39H26N2/c1-2-11-30(12-3-1)41(32-13-6-9-28(25-32)29-10-8-24-40-26-29)31-20-18-27(19-21-31)33-22-23-38-35-15-5-4-14-34(35)37-17-7-16-36(33)39(37)38/h1-26H. The molecule has 7 aromatic rings. The molecule has 0 spiro atoms. The van der Waals surface area contributed by atoms with Gasteiger partial charge in [-0.3, -0.25) is 4.98 Å². The van der Waals surface area contributed by atoms with Crippen LogP contribution in [0.5, 0.6) is 0 Å². The molecule has 6 aromatic carbocycles. The number of aromatic nitrogens is 1. The minimum Gasteiger partial charge on any atom is -0.310 e. The Morgan fingerprint density at radius 3 is 1.80 bits per heavy atom. The van der Waals surface area contributed by atoms with E-state index in [1.807, 2.05) is 18.5 Å². The molecule has 1 heterocycles. The number of benzene rings is 6. The van der Waals surface area contributed by atoms with Gasteiger partial charge in [-0.25, -0.2) is 0 Å². The lowest BCUT2D eigenvalue weighted by atomic mass is 9.94. The van der Waals surface area contributed by atoms with E-state index in [4.69, 9.17) is 0 Å². The Bertz CT molecular complexity index is 2000. The van der Waals surface area contributed by atoms with Crippen molar-refractivity contribution in [2.75, 3.05) is 4.90 Å². The molecule has 0 saturated carbocycles. The van der Waals surface area contributed by atoms with Crippen molar-refractivity contribution in [1.82, 2.24) is 4.98 Å². The number of rotatable bonds is 5. The second-order valence-corrected chi connectivity index (χ2v) is 10.4. The third-order valence-electron chi connectivity index (χ3n) is 8.10. The summed E-state index contributed by atoms with van der Waals surface area (Å²) in [5, 5.41) is 2.65. The number of anilines is 3. The van der Waals surface area contributed by atoms with Crippen molar-refractivity contribution in [2.45, 2.75) is 0 Å². The van der Waals surface area contributed by atoms with Crippen molar-refractivity contribution in [3.05, 3.63) is 158 Å². The number of para-hydroxylation sites is 1. The number of hydrogen-bond donors (Lipinski definition) is 0. The van der Waals surface area contributed by atoms with Gasteiger partial charge in [-0.1, -0.05) is 103 Å². The van der Waals surface area contributed by atoms with Crippen molar-refractivity contribution in [2.24, 2.45) is 0 Å². The highest BCUT2D eigenvalue weighted by Gasteiger charge is 2.22. The molecule has 0 aliphatic heterocycles. The van der Waals surface area contributed by atoms with Gasteiger partial charge in [-0.15, -0.1) is 0 Å². The molecule has 1 aliphatic carbocycles. The Labute approximate surface area is 239 Å². The average molecular weight is 523 g/mol. The number of fused-ring (bicyclic) bond motifs is 3. The van der Waals surface area contributed by atoms with Crippen LogP contribution in [0.25, 0.3) is 55.3 Å². The zero-order valence-corrected chi connectivity index (χ0v) is 22.4. The highest BCUT2D eigenvalue weighted by molar-refractivity contribution is 6.18. The highest BCUT2D eigenvalue weighted by atomic mass is 15.1. The van der Waals surface area contributed by atoms with Crippen LogP contribution in [-0.2, 0) is 0 Å². The monoisotopic (exact) mass is 522 g/mol. The fraction of sp³-hybridized carbons (Fsp3) is 0. The van der Waals surface area contributed by atoms with Gasteiger partial charge in [0.25, 0.3) is 0 Å². The summed E-state index contributed by atoms with van der Waals surface area (Å²) < 4.78 is 0. The smallest absolute Gasteiger partial charge is 0.0467 e. The minimum atomic E-state index is 1.10. The Morgan fingerprint density at radius 2 is 1.02 bits per heavy atom. The van der Waals surface area contributed by atoms with Crippen LogP contribution in [0.1, 0.15) is 0 Å². The lowest BCUT2D eigenvalue weighted by Gasteiger charge is -2.26. The van der Waals surface area contributed by atoms with Crippen LogP contribution >= 0.6 is 0 Å². The van der Waals surface area contributed by atoms with E-state index in [2.05, 4.69) is 149 Å². The third kappa shape index (κ3) is 3.92. The van der Waals surface area contributed by atoms with E-state index >= 15 is 0 Å². The highest BCUT2D eigenvalue weighted by Crippen LogP contribution is 2.49. The molecule has 0 fully saturated rings. The molecule has 0 atom stereocenters. The first-order valence-electron chi connectivity index (χ1n) is 14.0. The van der Waals surface area contributed by atoms with Gasteiger partial charge in [0.1, 0.15) is 0 Å². The second-order valence-electron chi connectivity index (χ2n) is 10.4. The predicted octanol–water partition coefficient (Wildman–Crippen LogP) is 10.7. The van der Waals surface area contributed by atoms with Crippen molar-refractivity contribution in [3.63, 3.8) is 0 Å². The molecule has 41 heavy (non-hydrogen) atoms. The van der Waals surface area contributed by atoms with Crippen molar-refractivity contribution in [1.29, 1.82) is 0 Å². The molecule has 192 valence electrons. The first-order valence-corrected chi connectivity index (χ1v) is 14.0. The molecule has 0 saturated heterocycles. The summed E-state index contributed by atoms with van der Waals surface area (Å²) in [4.78, 5) is 6.64. The zero-order chi connectivity index (χ0) is 27.2. The van der Waals surface area contributed by atoms with Gasteiger partial charge >= 0.3 is 0 Å². The van der Waals surface area contributed by atoms with Crippen molar-refractivity contribution < 1.29 is 0 Å². The largest absolute Gasteiger partial charge is 0.310 e. The minimum absolute atomic E-state index is 1.10. The fourth-order valence-electron chi connectivity index (χ4n) is 6.23. The topological polar surface area (TPSA) is 16.1 Å². The summed E-state index contributed by atoms with van der Waals surface area (Å²) >= 11 is 0. The summed E-state index contributed by atoms with van der Waals surface area (Å²) in [5.41, 5.74) is 13.4. The average Bonchev–Trinajstić information content (AvgIpc) is 3.38. The lowest BCUT2D eigenvalue weighted by molar-refractivity contribution is 1.28. The number of nitrogens with zero attached hydrogens (tertiary/aromatic N) is 2. The lowest BCUT2D eigenvalue weighted by Crippen LogP contribution is -2.09. The SMILES string of the molecule is c1ccc(N(c2ccc(-c3ccc4c5c(cccc35)-c3ccccc3-4)cc2)c2cccc(-c3cccnc3)c2)cc1. The van der Waals surface area contributed by atoms with Gasteiger partial charge in [-0.2, -0.15) is 0 Å². The van der Waals surface area contributed by atoms with E-state index in [1.165, 1.54) is 44.2 Å². The molecule has 0 N–H and O–H groups in total. The summed E-state index contributed by atoms with van der Waals surface area (Å²) in [7, 11) is 0. The van der Waals surface area contributed by atoms with Crippen molar-refractivity contribution in [3.8, 4) is 44.5 Å². The third-order valence-corrected chi connectivity index (χ3v) is 8.10. The van der Waals surface area contributed by atoms with E-state index in [0.717, 1.165) is 28.2 Å². The van der Waals surface area contributed by atoms with E-state index in [-0.39, 0.29) is 0 Å². The second kappa shape index (κ2) is 9.62. The normalized spacial score (nSPS) is 11.4. The van der Waals surface area contributed by atoms with Gasteiger partial charge in [0, 0.05) is 35.0 Å². The molecule has 0 radical (unpaired) electrons. The quantitative estimate of drug-likeness (QED) is 0.223. The Balaban J connectivity index is 1.22. The van der Waals surface area contributed by atoms with E-state index in [1.54, 1.807) is 0 Å². The van der Waals surface area contributed by atoms with E-state index in [0.29, 0.717) is 0 Å². The van der Waals surface area contributed by atoms with Crippen LogP contribution in [0.3, 0.4) is 0 Å². The summed E-state index contributed by atoms with van der Waals surface area (Å²) in [6.07, 6.45) is 3.73. The maximum atomic E-state index is 4.32. The molecule has 0 unspecified atom stereocenters. The maximum Gasteiger partial charge on any atom is 0.0467 e. The number of pyridine rings is 1. The molecule has 0 amide bonds. The molecule has 0 bridgehead atoms. The van der Waals surface area contributed by atoms with Gasteiger partial charge in [0.2, 0.25) is 0 Å². The van der Waals surface area contributed by atoms with Gasteiger partial charge in [0.15, 0.2) is 0 Å². The summed E-state index contributed by atoms with van der Waals surface area (Å²) in [5.74, 6) is 0. The van der Waals surface area contributed by atoms with E-state index < -0.39 is 0 Å². The molecule has 2 heteroatoms. The van der Waals surface area contributed by atoms with E-state index in [9.17, 15) is 0 Å².